The number of aryl methyl sites for hydroxylation is 1. The lowest BCUT2D eigenvalue weighted by Crippen LogP contribution is -2.19. The highest BCUT2D eigenvalue weighted by atomic mass is 15.3. The SMILES string of the molecule is CCCn1c(C)nnc1[C@@H](N)Cc1cnc[nH]1. The molecule has 0 aliphatic carbocycles. The summed E-state index contributed by atoms with van der Waals surface area (Å²) >= 11 is 0. The van der Waals surface area contributed by atoms with Crippen LogP contribution < -0.4 is 5.73 Å². The first kappa shape index (κ1) is 11.8. The summed E-state index contributed by atoms with van der Waals surface area (Å²) in [6.45, 7) is 4.99. The zero-order valence-electron chi connectivity index (χ0n) is 10.2. The summed E-state index contributed by atoms with van der Waals surface area (Å²) < 4.78 is 2.08. The highest BCUT2D eigenvalue weighted by Gasteiger charge is 2.16. The van der Waals surface area contributed by atoms with Gasteiger partial charge in [-0.25, -0.2) is 4.98 Å². The predicted octanol–water partition coefficient (Wildman–Crippen LogP) is 0.962. The Morgan fingerprint density at radius 2 is 2.29 bits per heavy atom. The molecule has 0 spiro atoms. The summed E-state index contributed by atoms with van der Waals surface area (Å²) in [4.78, 5) is 7.03. The molecular formula is C11H18N6. The molecule has 0 fully saturated rings. The highest BCUT2D eigenvalue weighted by molar-refractivity contribution is 5.05. The fourth-order valence-electron chi connectivity index (χ4n) is 1.90. The predicted molar refractivity (Wildman–Crippen MR) is 64.3 cm³/mol. The third-order valence-corrected chi connectivity index (χ3v) is 2.74. The Hall–Kier alpha value is -1.69. The first-order valence-corrected chi connectivity index (χ1v) is 5.85. The van der Waals surface area contributed by atoms with Gasteiger partial charge in [-0.1, -0.05) is 6.92 Å². The van der Waals surface area contributed by atoms with Crippen LogP contribution in [0.25, 0.3) is 0 Å². The Morgan fingerprint density at radius 1 is 1.47 bits per heavy atom. The van der Waals surface area contributed by atoms with Gasteiger partial charge in [0.2, 0.25) is 0 Å². The van der Waals surface area contributed by atoms with E-state index < -0.39 is 0 Å². The maximum atomic E-state index is 6.16. The second-order valence-corrected chi connectivity index (χ2v) is 4.14. The van der Waals surface area contributed by atoms with E-state index in [-0.39, 0.29) is 6.04 Å². The number of nitrogens with one attached hydrogen (secondary N) is 1. The number of nitrogens with two attached hydrogens (primary N) is 1. The van der Waals surface area contributed by atoms with Crippen molar-refractivity contribution in [2.24, 2.45) is 5.73 Å². The van der Waals surface area contributed by atoms with Crippen LogP contribution in [-0.4, -0.2) is 24.7 Å². The molecule has 0 aromatic carbocycles. The van der Waals surface area contributed by atoms with Gasteiger partial charge in [0.15, 0.2) is 0 Å². The minimum absolute atomic E-state index is 0.150. The summed E-state index contributed by atoms with van der Waals surface area (Å²) in [5.41, 5.74) is 7.17. The van der Waals surface area contributed by atoms with Crippen LogP contribution >= 0.6 is 0 Å². The van der Waals surface area contributed by atoms with E-state index in [0.717, 1.165) is 30.3 Å². The molecule has 0 unspecified atom stereocenters. The van der Waals surface area contributed by atoms with Gasteiger partial charge in [0, 0.05) is 24.9 Å². The monoisotopic (exact) mass is 234 g/mol. The molecule has 0 radical (unpaired) electrons. The number of aromatic amines is 1. The van der Waals surface area contributed by atoms with Crippen molar-refractivity contribution in [3.05, 3.63) is 29.9 Å². The smallest absolute Gasteiger partial charge is 0.150 e. The van der Waals surface area contributed by atoms with E-state index in [9.17, 15) is 0 Å². The van der Waals surface area contributed by atoms with Crippen molar-refractivity contribution in [2.75, 3.05) is 0 Å². The molecule has 1 atom stereocenters. The summed E-state index contributed by atoms with van der Waals surface area (Å²) in [6.07, 6.45) is 5.18. The van der Waals surface area contributed by atoms with Gasteiger partial charge in [-0.3, -0.25) is 0 Å². The van der Waals surface area contributed by atoms with Crippen molar-refractivity contribution in [3.63, 3.8) is 0 Å². The molecule has 17 heavy (non-hydrogen) atoms. The lowest BCUT2D eigenvalue weighted by Gasteiger charge is -2.12. The molecule has 0 amide bonds. The van der Waals surface area contributed by atoms with E-state index in [0.29, 0.717) is 6.42 Å². The number of H-pyrrole nitrogens is 1. The lowest BCUT2D eigenvalue weighted by molar-refractivity contribution is 0.563. The van der Waals surface area contributed by atoms with Crippen molar-refractivity contribution >= 4 is 0 Å². The number of rotatable bonds is 5. The van der Waals surface area contributed by atoms with E-state index in [1.54, 1.807) is 12.5 Å². The first-order chi connectivity index (χ1) is 8.22. The number of hydrogen-bond acceptors (Lipinski definition) is 4. The number of aromatic nitrogens is 5. The van der Waals surface area contributed by atoms with Crippen LogP contribution in [0.4, 0.5) is 0 Å². The van der Waals surface area contributed by atoms with Crippen molar-refractivity contribution in [1.29, 1.82) is 0 Å². The Balaban J connectivity index is 2.15. The fourth-order valence-corrected chi connectivity index (χ4v) is 1.90. The van der Waals surface area contributed by atoms with Crippen LogP contribution in [0, 0.1) is 6.92 Å². The first-order valence-electron chi connectivity index (χ1n) is 5.85. The molecule has 6 nitrogen and oxygen atoms in total. The molecule has 2 heterocycles. The van der Waals surface area contributed by atoms with Crippen LogP contribution in [0.2, 0.25) is 0 Å². The van der Waals surface area contributed by atoms with Crippen LogP contribution in [0.1, 0.15) is 36.7 Å². The summed E-state index contributed by atoms with van der Waals surface area (Å²) in [5, 5.41) is 8.26. The van der Waals surface area contributed by atoms with Crippen molar-refractivity contribution < 1.29 is 0 Å². The van der Waals surface area contributed by atoms with Crippen LogP contribution in [0.5, 0.6) is 0 Å². The van der Waals surface area contributed by atoms with Gasteiger partial charge in [0.05, 0.1) is 12.4 Å². The molecule has 3 N–H and O–H groups in total. The van der Waals surface area contributed by atoms with Gasteiger partial charge >= 0.3 is 0 Å². The van der Waals surface area contributed by atoms with E-state index in [2.05, 4.69) is 31.7 Å². The van der Waals surface area contributed by atoms with Crippen molar-refractivity contribution in [3.8, 4) is 0 Å². The molecule has 0 bridgehead atoms. The lowest BCUT2D eigenvalue weighted by atomic mass is 10.1. The second-order valence-electron chi connectivity index (χ2n) is 4.14. The Morgan fingerprint density at radius 3 is 2.94 bits per heavy atom. The number of nitrogens with zero attached hydrogens (tertiary/aromatic N) is 4. The van der Waals surface area contributed by atoms with Gasteiger partial charge in [0.25, 0.3) is 0 Å². The number of imidazole rings is 1. The maximum Gasteiger partial charge on any atom is 0.150 e. The normalized spacial score (nSPS) is 12.9. The van der Waals surface area contributed by atoms with E-state index in [1.807, 2.05) is 6.92 Å². The number of hydrogen-bond donors (Lipinski definition) is 2. The van der Waals surface area contributed by atoms with E-state index in [1.165, 1.54) is 0 Å². The minimum atomic E-state index is -0.150. The van der Waals surface area contributed by atoms with Gasteiger partial charge in [-0.05, 0) is 13.3 Å². The van der Waals surface area contributed by atoms with E-state index in [4.69, 9.17) is 5.73 Å². The van der Waals surface area contributed by atoms with Crippen molar-refractivity contribution in [2.45, 2.75) is 39.3 Å². The zero-order chi connectivity index (χ0) is 12.3. The van der Waals surface area contributed by atoms with Crippen molar-refractivity contribution in [1.82, 2.24) is 24.7 Å². The average Bonchev–Trinajstić information content (AvgIpc) is 2.91. The van der Waals surface area contributed by atoms with Gasteiger partial charge in [0.1, 0.15) is 11.6 Å². The summed E-state index contributed by atoms with van der Waals surface area (Å²) in [5.74, 6) is 1.76. The summed E-state index contributed by atoms with van der Waals surface area (Å²) in [7, 11) is 0. The topological polar surface area (TPSA) is 85.4 Å². The molecule has 2 aromatic heterocycles. The largest absolute Gasteiger partial charge is 0.348 e. The highest BCUT2D eigenvalue weighted by Crippen LogP contribution is 2.14. The quantitative estimate of drug-likeness (QED) is 0.807. The molecule has 0 aliphatic heterocycles. The minimum Gasteiger partial charge on any atom is -0.348 e. The molecule has 0 saturated carbocycles. The maximum absolute atomic E-state index is 6.16. The van der Waals surface area contributed by atoms with E-state index >= 15 is 0 Å². The summed E-state index contributed by atoms with van der Waals surface area (Å²) in [6, 6.07) is -0.150. The molecule has 2 aromatic rings. The second kappa shape index (κ2) is 5.09. The third-order valence-electron chi connectivity index (χ3n) is 2.74. The Kier molecular flexibility index (Phi) is 3.53. The zero-order valence-corrected chi connectivity index (χ0v) is 10.2. The Bertz CT molecular complexity index is 458. The third kappa shape index (κ3) is 2.52. The van der Waals surface area contributed by atoms with Gasteiger partial charge in [-0.15, -0.1) is 10.2 Å². The molecular weight excluding hydrogens is 216 g/mol. The van der Waals surface area contributed by atoms with Crippen LogP contribution in [0.15, 0.2) is 12.5 Å². The van der Waals surface area contributed by atoms with Crippen LogP contribution in [0.3, 0.4) is 0 Å². The average molecular weight is 234 g/mol. The van der Waals surface area contributed by atoms with Crippen LogP contribution in [-0.2, 0) is 13.0 Å². The van der Waals surface area contributed by atoms with Gasteiger partial charge in [-0.2, -0.15) is 0 Å². The molecule has 2 rings (SSSR count). The standard InChI is InChI=1S/C11H18N6/c1-3-4-17-8(2)15-16-11(17)10(12)5-9-6-13-7-14-9/h6-7,10H,3-5,12H2,1-2H3,(H,13,14)/t10-/m0/s1. The van der Waals surface area contributed by atoms with Gasteiger partial charge < -0.3 is 15.3 Å². The molecule has 6 heteroatoms. The molecule has 0 aliphatic rings. The fraction of sp³-hybridized carbons (Fsp3) is 0.545. The molecule has 0 saturated heterocycles. The molecule has 92 valence electrons. The Labute approximate surface area is 100 Å².